The fourth-order valence-electron chi connectivity index (χ4n) is 5.89. The molecule has 4 aromatic rings. The summed E-state index contributed by atoms with van der Waals surface area (Å²) in [6.07, 6.45) is -2.59. The number of nitrogens with one attached hydrogen (secondary N) is 4. The largest absolute Gasteiger partial charge is 0.468 e. The van der Waals surface area contributed by atoms with E-state index in [-0.39, 0.29) is 37.7 Å². The molecule has 0 aliphatic carbocycles. The summed E-state index contributed by atoms with van der Waals surface area (Å²) >= 11 is 0. The first-order valence-corrected chi connectivity index (χ1v) is 16.0. The second kappa shape index (κ2) is 15.0. The van der Waals surface area contributed by atoms with E-state index in [9.17, 15) is 27.6 Å². The lowest BCUT2D eigenvalue weighted by molar-refractivity contribution is -0.137. The van der Waals surface area contributed by atoms with Crippen LogP contribution in [0.2, 0.25) is 0 Å². The van der Waals surface area contributed by atoms with Gasteiger partial charge in [-0.1, -0.05) is 48.5 Å². The molecule has 1 aliphatic heterocycles. The number of fused-ring (bicyclic) bond motifs is 1. The number of urea groups is 1. The molecule has 0 saturated carbocycles. The van der Waals surface area contributed by atoms with Gasteiger partial charge in [0.2, 0.25) is 11.8 Å². The third kappa shape index (κ3) is 9.08. The molecular weight excluding hydrogens is 635 g/mol. The van der Waals surface area contributed by atoms with E-state index in [0.717, 1.165) is 34.4 Å². The van der Waals surface area contributed by atoms with Crippen LogP contribution in [0.3, 0.4) is 0 Å². The highest BCUT2D eigenvalue weighted by Crippen LogP contribution is 2.36. The van der Waals surface area contributed by atoms with Gasteiger partial charge in [0, 0.05) is 31.2 Å². The van der Waals surface area contributed by atoms with Gasteiger partial charge in [-0.25, -0.2) is 4.79 Å². The molecule has 4 amide bonds. The highest BCUT2D eigenvalue weighted by atomic mass is 19.4. The molecule has 1 aromatic heterocycles. The summed E-state index contributed by atoms with van der Waals surface area (Å²) in [4.78, 5) is 40.5. The van der Waals surface area contributed by atoms with E-state index in [1.165, 1.54) is 11.0 Å². The van der Waals surface area contributed by atoms with Gasteiger partial charge in [0.05, 0.1) is 24.9 Å². The Kier molecular flexibility index (Phi) is 10.8. The number of carbonyl (C=O) groups is 3. The van der Waals surface area contributed by atoms with Crippen molar-refractivity contribution in [1.29, 1.82) is 0 Å². The van der Waals surface area contributed by atoms with Crippen molar-refractivity contribution in [3.63, 3.8) is 0 Å². The molecule has 49 heavy (non-hydrogen) atoms. The molecule has 3 aromatic carbocycles. The lowest BCUT2D eigenvalue weighted by Gasteiger charge is -2.29. The second-order valence-corrected chi connectivity index (χ2v) is 12.7. The third-order valence-corrected chi connectivity index (χ3v) is 8.51. The van der Waals surface area contributed by atoms with Gasteiger partial charge < -0.3 is 30.6 Å². The normalized spacial score (nSPS) is 14.9. The fourth-order valence-corrected chi connectivity index (χ4v) is 5.89. The van der Waals surface area contributed by atoms with Crippen molar-refractivity contribution in [1.82, 2.24) is 21.3 Å². The predicted octanol–water partition coefficient (Wildman–Crippen LogP) is 6.32. The highest BCUT2D eigenvalue weighted by molar-refractivity contribution is 6.00. The van der Waals surface area contributed by atoms with Crippen LogP contribution in [-0.4, -0.2) is 36.5 Å². The minimum atomic E-state index is -4.54. The van der Waals surface area contributed by atoms with Crippen LogP contribution >= 0.6 is 0 Å². The highest BCUT2D eigenvalue weighted by Gasteiger charge is 2.36. The van der Waals surface area contributed by atoms with Crippen LogP contribution in [0, 0.1) is 0 Å². The van der Waals surface area contributed by atoms with Crippen molar-refractivity contribution >= 4 is 23.5 Å². The molecular formula is C37H40F3N5O4. The van der Waals surface area contributed by atoms with Crippen molar-refractivity contribution in [3.05, 3.63) is 113 Å². The number of halogens is 3. The average Bonchev–Trinajstić information content (AvgIpc) is 3.57. The van der Waals surface area contributed by atoms with E-state index in [0.29, 0.717) is 30.1 Å². The molecule has 5 rings (SSSR count). The Bertz CT molecular complexity index is 1770. The molecule has 1 atom stereocenters. The van der Waals surface area contributed by atoms with Gasteiger partial charge in [-0.05, 0) is 84.8 Å². The van der Waals surface area contributed by atoms with Crippen LogP contribution in [0.5, 0.6) is 0 Å². The molecule has 12 heteroatoms. The number of anilines is 1. The Morgan fingerprint density at radius 3 is 2.41 bits per heavy atom. The van der Waals surface area contributed by atoms with Crippen LogP contribution in [0.15, 0.2) is 89.5 Å². The van der Waals surface area contributed by atoms with E-state index in [1.807, 2.05) is 68.4 Å². The van der Waals surface area contributed by atoms with Gasteiger partial charge in [-0.15, -0.1) is 0 Å². The fraction of sp³-hybridized carbons (Fsp3) is 0.324. The lowest BCUT2D eigenvalue weighted by Crippen LogP contribution is -2.50. The van der Waals surface area contributed by atoms with Crippen molar-refractivity contribution < 1.29 is 32.0 Å². The second-order valence-electron chi connectivity index (χ2n) is 12.7. The average molecular weight is 676 g/mol. The number of furan rings is 1. The number of benzene rings is 3. The maximum atomic E-state index is 14.1. The predicted molar refractivity (Wildman–Crippen MR) is 180 cm³/mol. The Morgan fingerprint density at radius 1 is 0.959 bits per heavy atom. The first kappa shape index (κ1) is 35.2. The monoisotopic (exact) mass is 675 g/mol. The molecule has 4 N–H and O–H groups in total. The number of hydrogen-bond donors (Lipinski definition) is 4. The minimum Gasteiger partial charge on any atom is -0.468 e. The zero-order chi connectivity index (χ0) is 35.2. The molecule has 9 nitrogen and oxygen atoms in total. The molecule has 0 spiro atoms. The van der Waals surface area contributed by atoms with Gasteiger partial charge in [-0.3, -0.25) is 9.59 Å². The molecule has 2 heterocycles. The zero-order valence-corrected chi connectivity index (χ0v) is 27.6. The third-order valence-electron chi connectivity index (χ3n) is 8.51. The van der Waals surface area contributed by atoms with E-state index >= 15 is 0 Å². The molecule has 0 bridgehead atoms. The first-order chi connectivity index (χ1) is 23.3. The van der Waals surface area contributed by atoms with Gasteiger partial charge in [0.15, 0.2) is 0 Å². The Morgan fingerprint density at radius 2 is 1.71 bits per heavy atom. The molecule has 0 saturated heterocycles. The van der Waals surface area contributed by atoms with E-state index in [4.69, 9.17) is 4.42 Å². The molecule has 0 fully saturated rings. The quantitative estimate of drug-likeness (QED) is 0.149. The first-order valence-electron chi connectivity index (χ1n) is 16.0. The van der Waals surface area contributed by atoms with E-state index in [1.54, 1.807) is 19.4 Å². The van der Waals surface area contributed by atoms with E-state index in [2.05, 4.69) is 21.3 Å². The smallest absolute Gasteiger partial charge is 0.416 e. The number of nitrogens with zero attached hydrogens (tertiary/aromatic N) is 1. The number of carbonyl (C=O) groups excluding carboxylic acids is 3. The van der Waals surface area contributed by atoms with Crippen molar-refractivity contribution in [2.24, 2.45) is 0 Å². The molecule has 0 radical (unpaired) electrons. The Hall–Kier alpha value is -5.10. The van der Waals surface area contributed by atoms with Crippen LogP contribution in [-0.2, 0) is 41.8 Å². The Labute approximate surface area is 283 Å². The molecule has 1 aliphatic rings. The summed E-state index contributed by atoms with van der Waals surface area (Å²) in [5, 5.41) is 11.5. The lowest BCUT2D eigenvalue weighted by atomic mass is 9.98. The number of aryl methyl sites for hydroxylation is 1. The Balaban J connectivity index is 1.36. The number of hydrogen-bond acceptors (Lipinski definition) is 5. The van der Waals surface area contributed by atoms with Crippen LogP contribution in [0.1, 0.15) is 54.7 Å². The van der Waals surface area contributed by atoms with Gasteiger partial charge in [0.1, 0.15) is 11.8 Å². The summed E-state index contributed by atoms with van der Waals surface area (Å²) in [5.41, 5.74) is 2.81. The SMILES string of the molecule is CNC(=O)NCc1ccccc1-c1ccc(CN2C(=O)[C@H](NC(=O)CC(C)(C)NCc3ccco3)CCc3cc(C(F)(F)F)ccc32)cc1. The number of rotatable bonds is 11. The standard InChI is InChI=1S/C37H40F3N5O4/c1-36(2,43-22-29-8-6-18-49-29)20-33(46)44-31-16-14-26-19-28(37(38,39)40)15-17-32(26)45(34(31)47)23-24-10-12-25(13-11-24)30-9-5-4-7-27(30)21-42-35(48)41-3/h4-13,15,17-19,31,43H,14,16,20-23H2,1-3H3,(H,44,46)(H2,41,42,48)/t31-/m1/s1. The maximum absolute atomic E-state index is 14.1. The van der Waals surface area contributed by atoms with Crippen LogP contribution < -0.4 is 26.2 Å². The number of amides is 4. The van der Waals surface area contributed by atoms with Crippen LogP contribution in [0.25, 0.3) is 11.1 Å². The molecule has 258 valence electrons. The number of alkyl halides is 3. The van der Waals surface area contributed by atoms with Crippen molar-refractivity contribution in [2.45, 2.75) is 70.5 Å². The van der Waals surface area contributed by atoms with Crippen molar-refractivity contribution in [3.8, 4) is 11.1 Å². The summed E-state index contributed by atoms with van der Waals surface area (Å²) < 4.78 is 46.4. The topological polar surface area (TPSA) is 116 Å². The minimum absolute atomic E-state index is 0.0598. The summed E-state index contributed by atoms with van der Waals surface area (Å²) in [7, 11) is 1.54. The summed E-state index contributed by atoms with van der Waals surface area (Å²) in [5.74, 6) is -0.0386. The zero-order valence-electron chi connectivity index (χ0n) is 27.6. The summed E-state index contributed by atoms with van der Waals surface area (Å²) in [6, 6.07) is 21.0. The summed E-state index contributed by atoms with van der Waals surface area (Å²) in [6.45, 7) is 4.55. The van der Waals surface area contributed by atoms with Crippen LogP contribution in [0.4, 0.5) is 23.7 Å². The van der Waals surface area contributed by atoms with Gasteiger partial charge >= 0.3 is 12.2 Å². The van der Waals surface area contributed by atoms with E-state index < -0.39 is 29.2 Å². The van der Waals surface area contributed by atoms with Crippen molar-refractivity contribution in [2.75, 3.05) is 11.9 Å². The van der Waals surface area contributed by atoms with Gasteiger partial charge in [0.25, 0.3) is 0 Å². The van der Waals surface area contributed by atoms with Gasteiger partial charge in [-0.2, -0.15) is 13.2 Å². The molecule has 0 unspecified atom stereocenters. The maximum Gasteiger partial charge on any atom is 0.416 e.